The second-order valence-corrected chi connectivity index (χ2v) is 6.32. The number of morpholine rings is 1. The molecule has 136 valence electrons. The molecule has 26 heavy (non-hydrogen) atoms. The Morgan fingerprint density at radius 1 is 1.23 bits per heavy atom. The van der Waals surface area contributed by atoms with Gasteiger partial charge in [-0.2, -0.15) is 10.2 Å². The summed E-state index contributed by atoms with van der Waals surface area (Å²) in [6.07, 6.45) is 3.83. The maximum absolute atomic E-state index is 9.39. The van der Waals surface area contributed by atoms with E-state index >= 15 is 0 Å². The molecule has 0 bridgehead atoms. The monoisotopic (exact) mass is 353 g/mol. The van der Waals surface area contributed by atoms with Gasteiger partial charge in [-0.3, -0.25) is 0 Å². The van der Waals surface area contributed by atoms with E-state index in [1.165, 1.54) is 0 Å². The van der Waals surface area contributed by atoms with Crippen LogP contribution in [0.2, 0.25) is 0 Å². The van der Waals surface area contributed by atoms with Crippen LogP contribution in [0.5, 0.6) is 5.75 Å². The lowest BCUT2D eigenvalue weighted by Crippen LogP contribution is -2.45. The minimum Gasteiger partial charge on any atom is -0.494 e. The van der Waals surface area contributed by atoms with E-state index in [0.717, 1.165) is 11.3 Å². The van der Waals surface area contributed by atoms with Gasteiger partial charge in [-0.25, -0.2) is 0 Å². The van der Waals surface area contributed by atoms with E-state index in [9.17, 15) is 5.26 Å². The van der Waals surface area contributed by atoms with E-state index in [1.54, 1.807) is 6.08 Å². The van der Waals surface area contributed by atoms with Crippen LogP contribution >= 0.6 is 0 Å². The van der Waals surface area contributed by atoms with E-state index in [1.807, 2.05) is 56.0 Å². The van der Waals surface area contributed by atoms with E-state index in [-0.39, 0.29) is 12.2 Å². The number of ether oxygens (including phenoxy) is 2. The predicted molar refractivity (Wildman–Crippen MR) is 100.0 cm³/mol. The van der Waals surface area contributed by atoms with E-state index in [0.29, 0.717) is 37.2 Å². The molecule has 0 N–H and O–H groups in total. The molecule has 6 nitrogen and oxygen atoms in total. The van der Waals surface area contributed by atoms with Crippen LogP contribution in [0, 0.1) is 11.3 Å². The Hall–Kier alpha value is -2.78. The molecule has 0 amide bonds. The third-order valence-corrected chi connectivity index (χ3v) is 4.05. The number of nitriles is 1. The molecule has 6 heteroatoms. The lowest BCUT2D eigenvalue weighted by atomic mass is 10.2. The Morgan fingerprint density at radius 3 is 2.54 bits per heavy atom. The molecule has 2 atom stereocenters. The molecule has 0 radical (unpaired) electrons. The zero-order valence-electron chi connectivity index (χ0n) is 15.3. The summed E-state index contributed by atoms with van der Waals surface area (Å²) in [5.74, 6) is 1.77. The lowest BCUT2D eigenvalue weighted by Gasteiger charge is -2.34. The summed E-state index contributed by atoms with van der Waals surface area (Å²) in [5.41, 5.74) is 1.30. The van der Waals surface area contributed by atoms with Gasteiger partial charge < -0.3 is 18.8 Å². The maximum atomic E-state index is 9.39. The highest BCUT2D eigenvalue weighted by Gasteiger charge is 2.27. The zero-order valence-corrected chi connectivity index (χ0v) is 15.3. The SMILES string of the molecule is CCOc1ccc(C=Cc2nc(C#N)c(N3CC(C)OC(C)C3)o2)cc1. The molecular formula is C20H23N3O3. The third-order valence-electron chi connectivity index (χ3n) is 4.05. The van der Waals surface area contributed by atoms with Gasteiger partial charge in [0, 0.05) is 19.2 Å². The van der Waals surface area contributed by atoms with Crippen LogP contribution in [-0.2, 0) is 4.74 Å². The topological polar surface area (TPSA) is 71.5 Å². The van der Waals surface area contributed by atoms with Crippen LogP contribution in [0.25, 0.3) is 12.2 Å². The van der Waals surface area contributed by atoms with Crippen LogP contribution < -0.4 is 9.64 Å². The fourth-order valence-electron chi connectivity index (χ4n) is 3.04. The summed E-state index contributed by atoms with van der Waals surface area (Å²) in [7, 11) is 0. The van der Waals surface area contributed by atoms with Gasteiger partial charge in [0.05, 0.1) is 18.8 Å². The van der Waals surface area contributed by atoms with Crippen molar-refractivity contribution in [2.75, 3.05) is 24.6 Å². The lowest BCUT2D eigenvalue weighted by molar-refractivity contribution is -0.00642. The van der Waals surface area contributed by atoms with Gasteiger partial charge in [0.25, 0.3) is 0 Å². The van der Waals surface area contributed by atoms with Gasteiger partial charge >= 0.3 is 0 Å². The Labute approximate surface area is 153 Å². The van der Waals surface area contributed by atoms with Crippen molar-refractivity contribution in [3.8, 4) is 11.8 Å². The van der Waals surface area contributed by atoms with Crippen LogP contribution in [0.1, 0.15) is 37.9 Å². The van der Waals surface area contributed by atoms with Gasteiger partial charge in [0.1, 0.15) is 11.8 Å². The smallest absolute Gasteiger partial charge is 0.235 e. The van der Waals surface area contributed by atoms with Crippen molar-refractivity contribution >= 4 is 18.0 Å². The van der Waals surface area contributed by atoms with Gasteiger partial charge in [0.15, 0.2) is 0 Å². The number of rotatable bonds is 5. The normalized spacial score (nSPS) is 20.3. The van der Waals surface area contributed by atoms with Crippen LogP contribution in [0.4, 0.5) is 5.88 Å². The molecule has 2 aromatic rings. The molecule has 0 spiro atoms. The second-order valence-electron chi connectivity index (χ2n) is 6.32. The Kier molecular flexibility index (Phi) is 5.59. The molecule has 2 heterocycles. The number of anilines is 1. The van der Waals surface area contributed by atoms with Crippen molar-refractivity contribution in [3.63, 3.8) is 0 Å². The van der Waals surface area contributed by atoms with Crippen molar-refractivity contribution in [1.29, 1.82) is 5.26 Å². The van der Waals surface area contributed by atoms with Gasteiger partial charge in [0.2, 0.25) is 17.5 Å². The predicted octanol–water partition coefficient (Wildman–Crippen LogP) is 3.73. The summed E-state index contributed by atoms with van der Waals surface area (Å²) >= 11 is 0. The fraction of sp³-hybridized carbons (Fsp3) is 0.400. The summed E-state index contributed by atoms with van der Waals surface area (Å²) in [6.45, 7) is 7.98. The summed E-state index contributed by atoms with van der Waals surface area (Å²) < 4.78 is 17.0. The Bertz CT molecular complexity index is 795. The molecule has 1 aliphatic heterocycles. The van der Waals surface area contributed by atoms with Crippen molar-refractivity contribution < 1.29 is 13.9 Å². The number of hydrogen-bond acceptors (Lipinski definition) is 6. The highest BCUT2D eigenvalue weighted by Crippen LogP contribution is 2.26. The number of hydrogen-bond donors (Lipinski definition) is 0. The molecule has 1 fully saturated rings. The molecule has 1 aromatic carbocycles. The minimum absolute atomic E-state index is 0.0817. The number of aromatic nitrogens is 1. The number of oxazole rings is 1. The van der Waals surface area contributed by atoms with Gasteiger partial charge in [-0.1, -0.05) is 12.1 Å². The zero-order chi connectivity index (χ0) is 18.5. The van der Waals surface area contributed by atoms with E-state index < -0.39 is 0 Å². The maximum Gasteiger partial charge on any atom is 0.235 e. The largest absolute Gasteiger partial charge is 0.494 e. The second kappa shape index (κ2) is 8.07. The van der Waals surface area contributed by atoms with Crippen LogP contribution in [0.15, 0.2) is 28.7 Å². The van der Waals surface area contributed by atoms with Gasteiger partial charge in [-0.05, 0) is 44.5 Å². The Balaban J connectivity index is 1.77. The summed E-state index contributed by atoms with van der Waals surface area (Å²) in [5, 5.41) is 9.39. The molecular weight excluding hydrogens is 330 g/mol. The molecule has 0 saturated carbocycles. The highest BCUT2D eigenvalue weighted by atomic mass is 16.5. The first-order valence-corrected chi connectivity index (χ1v) is 8.81. The molecule has 1 saturated heterocycles. The van der Waals surface area contributed by atoms with Crippen molar-refractivity contribution in [1.82, 2.24) is 4.98 Å². The first-order chi connectivity index (χ1) is 12.6. The van der Waals surface area contributed by atoms with Crippen molar-refractivity contribution in [2.45, 2.75) is 33.0 Å². The number of nitrogens with zero attached hydrogens (tertiary/aromatic N) is 3. The third kappa shape index (κ3) is 4.24. The average molecular weight is 353 g/mol. The van der Waals surface area contributed by atoms with Crippen molar-refractivity contribution in [2.24, 2.45) is 0 Å². The van der Waals surface area contributed by atoms with Crippen LogP contribution in [-0.4, -0.2) is 36.9 Å². The average Bonchev–Trinajstić information content (AvgIpc) is 3.04. The van der Waals surface area contributed by atoms with Crippen LogP contribution in [0.3, 0.4) is 0 Å². The summed E-state index contributed by atoms with van der Waals surface area (Å²) in [4.78, 5) is 6.32. The van der Waals surface area contributed by atoms with Crippen molar-refractivity contribution in [3.05, 3.63) is 41.4 Å². The molecule has 1 aromatic heterocycles. The van der Waals surface area contributed by atoms with Gasteiger partial charge in [-0.15, -0.1) is 0 Å². The first kappa shape index (κ1) is 18.0. The molecule has 2 unspecified atom stereocenters. The molecule has 3 rings (SSSR count). The van der Waals surface area contributed by atoms with E-state index in [4.69, 9.17) is 13.9 Å². The standard InChI is InChI=1S/C20H23N3O3/c1-4-24-17-8-5-16(6-9-17)7-10-19-22-18(11-21)20(26-19)23-12-14(2)25-15(3)13-23/h5-10,14-15H,4,12-13H2,1-3H3. The minimum atomic E-state index is 0.0817. The number of benzene rings is 1. The Morgan fingerprint density at radius 2 is 1.92 bits per heavy atom. The fourth-order valence-corrected chi connectivity index (χ4v) is 3.04. The molecule has 1 aliphatic rings. The quantitative estimate of drug-likeness (QED) is 0.816. The highest BCUT2D eigenvalue weighted by molar-refractivity contribution is 5.67. The summed E-state index contributed by atoms with van der Waals surface area (Å²) in [6, 6.07) is 9.88. The first-order valence-electron chi connectivity index (χ1n) is 8.81. The molecule has 0 aliphatic carbocycles. The van der Waals surface area contributed by atoms with E-state index in [2.05, 4.69) is 11.1 Å².